The van der Waals surface area contributed by atoms with Crippen LogP contribution in [-0.2, 0) is 0 Å². The van der Waals surface area contributed by atoms with Crippen molar-refractivity contribution in [2.75, 3.05) is 45.8 Å². The number of hydrogen-bond acceptors (Lipinski definition) is 6. The predicted octanol–water partition coefficient (Wildman–Crippen LogP) is -1.01. The number of hydrogen-bond donors (Lipinski definition) is 5. The molecular formula is C11H30N6. The molecule has 0 fully saturated rings. The van der Waals surface area contributed by atoms with Crippen molar-refractivity contribution in [3.8, 4) is 0 Å². The van der Waals surface area contributed by atoms with E-state index >= 15 is 0 Å². The molecule has 0 aromatic carbocycles. The van der Waals surface area contributed by atoms with Crippen LogP contribution in [0.1, 0.15) is 26.2 Å². The lowest BCUT2D eigenvalue weighted by Gasteiger charge is -2.22. The van der Waals surface area contributed by atoms with Crippen molar-refractivity contribution in [2.45, 2.75) is 26.2 Å². The Balaban J connectivity index is 3.53. The fourth-order valence-electron chi connectivity index (χ4n) is 1.67. The van der Waals surface area contributed by atoms with Gasteiger partial charge in [-0.1, -0.05) is 19.8 Å². The van der Waals surface area contributed by atoms with Gasteiger partial charge >= 0.3 is 0 Å². The molecule has 0 amide bonds. The first kappa shape index (κ1) is 16.8. The van der Waals surface area contributed by atoms with Gasteiger partial charge in [-0.3, -0.25) is 22.5 Å². The fraction of sp³-hybridized carbons (Fsp3) is 1.00. The second-order valence-electron chi connectivity index (χ2n) is 4.21. The largest absolute Gasteiger partial charge is 0.314 e. The Bertz CT molecular complexity index is 144. The minimum absolute atomic E-state index is 0.806. The fourth-order valence-corrected chi connectivity index (χ4v) is 1.67. The summed E-state index contributed by atoms with van der Waals surface area (Å²) in [4.78, 5) is 2.44. The van der Waals surface area contributed by atoms with Crippen LogP contribution in [0.15, 0.2) is 0 Å². The van der Waals surface area contributed by atoms with Gasteiger partial charge in [0.05, 0.1) is 0 Å². The molecule has 0 spiro atoms. The first-order chi connectivity index (χ1) is 8.35. The molecule has 0 aliphatic carbocycles. The van der Waals surface area contributed by atoms with E-state index in [1.165, 1.54) is 19.3 Å². The van der Waals surface area contributed by atoms with Crippen LogP contribution in [0.4, 0.5) is 0 Å². The smallest absolute Gasteiger partial charge is 0.0225 e. The molecule has 0 heterocycles. The molecule has 6 heteroatoms. The molecule has 6 nitrogen and oxygen atoms in total. The highest BCUT2D eigenvalue weighted by molar-refractivity contribution is 4.61. The lowest BCUT2D eigenvalue weighted by atomic mass is 10.2. The second kappa shape index (κ2) is 13.8. The van der Waals surface area contributed by atoms with E-state index in [2.05, 4.69) is 28.0 Å². The van der Waals surface area contributed by atoms with Crippen LogP contribution in [0.2, 0.25) is 0 Å². The first-order valence-electron chi connectivity index (χ1n) is 6.65. The second-order valence-corrected chi connectivity index (χ2v) is 4.21. The van der Waals surface area contributed by atoms with E-state index in [-0.39, 0.29) is 0 Å². The molecular weight excluding hydrogens is 216 g/mol. The van der Waals surface area contributed by atoms with Gasteiger partial charge in [0.15, 0.2) is 0 Å². The zero-order valence-corrected chi connectivity index (χ0v) is 11.2. The standard InChI is InChI=1S/C11H30N6/c1-2-3-4-9-17(11-8-16-13)10-7-14-5-6-15-12/h14-16H,2-13H2,1H3. The molecule has 0 radical (unpaired) electrons. The molecule has 0 rings (SSSR count). The van der Waals surface area contributed by atoms with Crippen molar-refractivity contribution < 1.29 is 0 Å². The summed E-state index contributed by atoms with van der Waals surface area (Å²) in [5.41, 5.74) is 5.34. The molecule has 0 unspecified atom stereocenters. The summed E-state index contributed by atoms with van der Waals surface area (Å²) in [6.07, 6.45) is 3.84. The van der Waals surface area contributed by atoms with Gasteiger partial charge in [-0.2, -0.15) is 0 Å². The molecule has 7 N–H and O–H groups in total. The highest BCUT2D eigenvalue weighted by Crippen LogP contribution is 1.97. The summed E-state index contributed by atoms with van der Waals surface area (Å²) in [5, 5.41) is 3.35. The topological polar surface area (TPSA) is 91.4 Å². The third-order valence-electron chi connectivity index (χ3n) is 2.70. The zero-order valence-electron chi connectivity index (χ0n) is 11.2. The van der Waals surface area contributed by atoms with E-state index in [9.17, 15) is 0 Å². The van der Waals surface area contributed by atoms with Gasteiger partial charge < -0.3 is 10.2 Å². The number of nitrogens with one attached hydrogen (secondary N) is 3. The van der Waals surface area contributed by atoms with Gasteiger partial charge in [0.25, 0.3) is 0 Å². The molecule has 0 aromatic rings. The zero-order chi connectivity index (χ0) is 12.8. The Morgan fingerprint density at radius 1 is 0.824 bits per heavy atom. The molecule has 0 saturated heterocycles. The van der Waals surface area contributed by atoms with Crippen molar-refractivity contribution >= 4 is 0 Å². The maximum atomic E-state index is 5.31. The molecule has 104 valence electrons. The van der Waals surface area contributed by atoms with Crippen molar-refractivity contribution in [2.24, 2.45) is 11.7 Å². The van der Waals surface area contributed by atoms with E-state index < -0.39 is 0 Å². The lowest BCUT2D eigenvalue weighted by Crippen LogP contribution is -2.40. The average molecular weight is 246 g/mol. The summed E-state index contributed by atoms with van der Waals surface area (Å²) in [6.45, 7) is 9.02. The van der Waals surface area contributed by atoms with Gasteiger partial charge in [0.1, 0.15) is 0 Å². The molecule has 0 aliphatic heterocycles. The van der Waals surface area contributed by atoms with Crippen molar-refractivity contribution in [1.82, 2.24) is 21.1 Å². The Morgan fingerprint density at radius 2 is 1.53 bits per heavy atom. The van der Waals surface area contributed by atoms with Crippen LogP contribution >= 0.6 is 0 Å². The van der Waals surface area contributed by atoms with Crippen LogP contribution in [0, 0.1) is 0 Å². The highest BCUT2D eigenvalue weighted by atomic mass is 15.2. The van der Waals surface area contributed by atoms with Crippen LogP contribution < -0.4 is 27.9 Å². The number of rotatable bonds is 13. The van der Waals surface area contributed by atoms with Crippen molar-refractivity contribution in [1.29, 1.82) is 0 Å². The quantitative estimate of drug-likeness (QED) is 0.163. The number of unbranched alkanes of at least 4 members (excludes halogenated alkanes) is 2. The van der Waals surface area contributed by atoms with Crippen LogP contribution in [0.5, 0.6) is 0 Å². The SMILES string of the molecule is CCCCCN(CCNN)CCNCCNN. The first-order valence-corrected chi connectivity index (χ1v) is 6.65. The number of hydrazine groups is 2. The summed E-state index contributed by atoms with van der Waals surface area (Å²) in [5.74, 6) is 10.5. The molecule has 17 heavy (non-hydrogen) atoms. The van der Waals surface area contributed by atoms with E-state index in [1.54, 1.807) is 0 Å². The monoisotopic (exact) mass is 246 g/mol. The van der Waals surface area contributed by atoms with E-state index in [4.69, 9.17) is 11.7 Å². The third kappa shape index (κ3) is 12.0. The minimum atomic E-state index is 0.806. The average Bonchev–Trinajstić information content (AvgIpc) is 2.35. The number of nitrogens with two attached hydrogens (primary N) is 2. The summed E-state index contributed by atoms with van der Waals surface area (Å²) >= 11 is 0. The normalized spacial score (nSPS) is 11.3. The van der Waals surface area contributed by atoms with Crippen molar-refractivity contribution in [3.63, 3.8) is 0 Å². The molecule has 0 bridgehead atoms. The van der Waals surface area contributed by atoms with Gasteiger partial charge in [-0.05, 0) is 13.0 Å². The van der Waals surface area contributed by atoms with Gasteiger partial charge in [-0.25, -0.2) is 0 Å². The minimum Gasteiger partial charge on any atom is -0.314 e. The van der Waals surface area contributed by atoms with E-state index in [0.717, 1.165) is 45.8 Å². The van der Waals surface area contributed by atoms with Crippen molar-refractivity contribution in [3.05, 3.63) is 0 Å². The Morgan fingerprint density at radius 3 is 2.18 bits per heavy atom. The van der Waals surface area contributed by atoms with Crippen LogP contribution in [0.3, 0.4) is 0 Å². The van der Waals surface area contributed by atoms with Crippen LogP contribution in [-0.4, -0.2) is 50.7 Å². The molecule has 0 aliphatic rings. The van der Waals surface area contributed by atoms with Gasteiger partial charge in [0, 0.05) is 39.3 Å². The third-order valence-corrected chi connectivity index (χ3v) is 2.70. The lowest BCUT2D eigenvalue weighted by molar-refractivity contribution is 0.267. The summed E-state index contributed by atoms with van der Waals surface area (Å²) in [6, 6.07) is 0. The molecule has 0 atom stereocenters. The van der Waals surface area contributed by atoms with E-state index in [1.807, 2.05) is 0 Å². The Kier molecular flexibility index (Phi) is 13.6. The maximum Gasteiger partial charge on any atom is 0.0225 e. The van der Waals surface area contributed by atoms with Gasteiger partial charge in [-0.15, -0.1) is 0 Å². The highest BCUT2D eigenvalue weighted by Gasteiger charge is 2.03. The Labute approximate surface area is 105 Å². The van der Waals surface area contributed by atoms with Gasteiger partial charge in [0.2, 0.25) is 0 Å². The summed E-state index contributed by atoms with van der Waals surface area (Å²) in [7, 11) is 0. The number of nitrogens with zero attached hydrogens (tertiary/aromatic N) is 1. The summed E-state index contributed by atoms with van der Waals surface area (Å²) < 4.78 is 0. The molecule has 0 aromatic heterocycles. The maximum absolute atomic E-state index is 5.31. The van der Waals surface area contributed by atoms with E-state index in [0.29, 0.717) is 0 Å². The predicted molar refractivity (Wildman–Crippen MR) is 73.2 cm³/mol. The van der Waals surface area contributed by atoms with Crippen LogP contribution in [0.25, 0.3) is 0 Å². The Hall–Kier alpha value is -0.240. The molecule has 0 saturated carbocycles.